The monoisotopic (exact) mass is 351 g/mol. The SMILES string of the molecule is COc1cc(CN2CCCCC2CNC(=O)CCN)ccc1SC. The summed E-state index contributed by atoms with van der Waals surface area (Å²) in [5.74, 6) is 0.985. The summed E-state index contributed by atoms with van der Waals surface area (Å²) in [5.41, 5.74) is 6.69. The van der Waals surface area contributed by atoms with Crippen molar-refractivity contribution in [3.8, 4) is 5.75 Å². The highest BCUT2D eigenvalue weighted by molar-refractivity contribution is 7.98. The molecule has 24 heavy (non-hydrogen) atoms. The molecule has 3 N–H and O–H groups in total. The summed E-state index contributed by atoms with van der Waals surface area (Å²) < 4.78 is 5.49. The molecular formula is C18H29N3O2S. The van der Waals surface area contributed by atoms with Gasteiger partial charge in [0, 0.05) is 37.0 Å². The number of benzene rings is 1. The van der Waals surface area contributed by atoms with Crippen molar-refractivity contribution < 1.29 is 9.53 Å². The second-order valence-electron chi connectivity index (χ2n) is 6.15. The number of carbonyl (C=O) groups is 1. The maximum absolute atomic E-state index is 11.7. The zero-order chi connectivity index (χ0) is 17.4. The van der Waals surface area contributed by atoms with Gasteiger partial charge >= 0.3 is 0 Å². The number of amides is 1. The zero-order valence-corrected chi connectivity index (χ0v) is 15.5. The van der Waals surface area contributed by atoms with Crippen LogP contribution in [0.3, 0.4) is 0 Å². The molecule has 0 aliphatic carbocycles. The molecule has 0 spiro atoms. The van der Waals surface area contributed by atoms with Crippen LogP contribution in [0.5, 0.6) is 5.75 Å². The van der Waals surface area contributed by atoms with E-state index in [-0.39, 0.29) is 5.91 Å². The molecule has 1 aromatic rings. The molecule has 2 rings (SSSR count). The quantitative estimate of drug-likeness (QED) is 0.703. The molecule has 1 aliphatic rings. The van der Waals surface area contributed by atoms with Gasteiger partial charge < -0.3 is 15.8 Å². The van der Waals surface area contributed by atoms with Crippen molar-refractivity contribution in [1.82, 2.24) is 10.2 Å². The minimum atomic E-state index is 0.0500. The van der Waals surface area contributed by atoms with E-state index in [1.807, 2.05) is 0 Å². The Morgan fingerprint density at radius 2 is 2.29 bits per heavy atom. The van der Waals surface area contributed by atoms with Gasteiger partial charge in [-0.1, -0.05) is 12.5 Å². The number of thioether (sulfide) groups is 1. The number of hydrogen-bond donors (Lipinski definition) is 2. The zero-order valence-electron chi connectivity index (χ0n) is 14.7. The Kier molecular flexibility index (Phi) is 7.88. The smallest absolute Gasteiger partial charge is 0.221 e. The van der Waals surface area contributed by atoms with Crippen molar-refractivity contribution in [2.45, 2.75) is 43.2 Å². The van der Waals surface area contributed by atoms with Gasteiger partial charge in [-0.05, 0) is 43.3 Å². The molecule has 1 heterocycles. The lowest BCUT2D eigenvalue weighted by Crippen LogP contribution is -2.46. The van der Waals surface area contributed by atoms with E-state index in [1.165, 1.54) is 18.4 Å². The molecule has 0 aromatic heterocycles. The summed E-state index contributed by atoms with van der Waals surface area (Å²) in [7, 11) is 1.72. The third kappa shape index (κ3) is 5.40. The Labute approximate surface area is 149 Å². The van der Waals surface area contributed by atoms with Crippen LogP contribution in [0.15, 0.2) is 23.1 Å². The van der Waals surface area contributed by atoms with Crippen LogP contribution in [0.4, 0.5) is 0 Å². The van der Waals surface area contributed by atoms with E-state index in [0.717, 1.165) is 30.2 Å². The van der Waals surface area contributed by atoms with E-state index in [9.17, 15) is 4.79 Å². The average Bonchev–Trinajstić information content (AvgIpc) is 2.61. The lowest BCUT2D eigenvalue weighted by atomic mass is 10.0. The third-order valence-electron chi connectivity index (χ3n) is 4.49. The Balaban J connectivity index is 1.98. The summed E-state index contributed by atoms with van der Waals surface area (Å²) in [5, 5.41) is 3.02. The van der Waals surface area contributed by atoms with E-state index in [1.54, 1.807) is 18.9 Å². The summed E-state index contributed by atoms with van der Waals surface area (Å²) in [4.78, 5) is 15.3. The van der Waals surface area contributed by atoms with Crippen molar-refractivity contribution in [3.05, 3.63) is 23.8 Å². The van der Waals surface area contributed by atoms with Gasteiger partial charge in [-0.25, -0.2) is 0 Å². The molecule has 1 unspecified atom stereocenters. The first kappa shape index (κ1) is 19.1. The maximum Gasteiger partial charge on any atom is 0.221 e. The number of nitrogens with two attached hydrogens (primary N) is 1. The van der Waals surface area contributed by atoms with E-state index in [0.29, 0.717) is 25.6 Å². The number of piperidine rings is 1. The lowest BCUT2D eigenvalue weighted by molar-refractivity contribution is -0.121. The molecule has 5 nitrogen and oxygen atoms in total. The highest BCUT2D eigenvalue weighted by Crippen LogP contribution is 2.29. The second kappa shape index (κ2) is 9.91. The molecule has 1 atom stereocenters. The number of hydrogen-bond acceptors (Lipinski definition) is 5. The molecule has 0 saturated carbocycles. The Morgan fingerprint density at radius 3 is 3.00 bits per heavy atom. The van der Waals surface area contributed by atoms with Gasteiger partial charge in [0.15, 0.2) is 0 Å². The second-order valence-corrected chi connectivity index (χ2v) is 7.00. The minimum Gasteiger partial charge on any atom is -0.496 e. The fourth-order valence-corrected chi connectivity index (χ4v) is 3.71. The van der Waals surface area contributed by atoms with Crippen molar-refractivity contribution >= 4 is 17.7 Å². The number of ether oxygens (including phenoxy) is 1. The first-order valence-corrected chi connectivity index (χ1v) is 9.82. The van der Waals surface area contributed by atoms with Crippen LogP contribution in [0.2, 0.25) is 0 Å². The largest absolute Gasteiger partial charge is 0.496 e. The van der Waals surface area contributed by atoms with E-state index in [2.05, 4.69) is 34.7 Å². The highest BCUT2D eigenvalue weighted by atomic mass is 32.2. The van der Waals surface area contributed by atoms with Crippen LogP contribution in [-0.2, 0) is 11.3 Å². The van der Waals surface area contributed by atoms with Gasteiger partial charge in [0.1, 0.15) is 5.75 Å². The minimum absolute atomic E-state index is 0.0500. The number of nitrogens with one attached hydrogen (secondary N) is 1. The summed E-state index contributed by atoms with van der Waals surface area (Å²) >= 11 is 1.69. The first-order valence-electron chi connectivity index (χ1n) is 8.59. The predicted octanol–water partition coefficient (Wildman–Crippen LogP) is 2.24. The van der Waals surface area contributed by atoms with Crippen LogP contribution < -0.4 is 15.8 Å². The number of likely N-dealkylation sites (tertiary alicyclic amines) is 1. The van der Waals surface area contributed by atoms with Crippen molar-refractivity contribution in [2.75, 3.05) is 33.0 Å². The number of carbonyl (C=O) groups excluding carboxylic acids is 1. The standard InChI is InChI=1S/C18H29N3O2S/c1-23-16-11-14(6-7-17(16)24-2)13-21-10-4-3-5-15(21)12-20-18(22)8-9-19/h6-7,11,15H,3-5,8-10,12-13,19H2,1-2H3,(H,20,22). The molecule has 1 amide bonds. The fourth-order valence-electron chi connectivity index (χ4n) is 3.16. The Hall–Kier alpha value is -1.24. The Bertz CT molecular complexity index is 539. The highest BCUT2D eigenvalue weighted by Gasteiger charge is 2.23. The molecule has 1 saturated heterocycles. The van der Waals surface area contributed by atoms with Gasteiger partial charge in [-0.2, -0.15) is 0 Å². The normalized spacial score (nSPS) is 18.4. The first-order chi connectivity index (χ1) is 11.7. The van der Waals surface area contributed by atoms with Crippen LogP contribution in [-0.4, -0.2) is 49.8 Å². The molecule has 6 heteroatoms. The van der Waals surface area contributed by atoms with E-state index >= 15 is 0 Å². The molecule has 134 valence electrons. The molecule has 1 aromatic carbocycles. The van der Waals surface area contributed by atoms with Crippen molar-refractivity contribution in [2.24, 2.45) is 5.73 Å². The molecule has 1 fully saturated rings. The van der Waals surface area contributed by atoms with E-state index < -0.39 is 0 Å². The summed E-state index contributed by atoms with van der Waals surface area (Å²) in [6, 6.07) is 6.82. The average molecular weight is 352 g/mol. The molecule has 1 aliphatic heterocycles. The van der Waals surface area contributed by atoms with Crippen molar-refractivity contribution in [3.63, 3.8) is 0 Å². The predicted molar refractivity (Wildman–Crippen MR) is 99.5 cm³/mol. The van der Waals surface area contributed by atoms with Gasteiger partial charge in [-0.15, -0.1) is 11.8 Å². The van der Waals surface area contributed by atoms with Crippen LogP contribution >= 0.6 is 11.8 Å². The topological polar surface area (TPSA) is 67.6 Å². The summed E-state index contributed by atoms with van der Waals surface area (Å²) in [6.45, 7) is 3.08. The molecule has 0 radical (unpaired) electrons. The number of nitrogens with zero attached hydrogens (tertiary/aromatic N) is 1. The fraction of sp³-hybridized carbons (Fsp3) is 0.611. The molecule has 0 bridgehead atoms. The van der Waals surface area contributed by atoms with Crippen LogP contribution in [0, 0.1) is 0 Å². The number of rotatable bonds is 8. The van der Waals surface area contributed by atoms with Gasteiger partial charge in [-0.3, -0.25) is 9.69 Å². The van der Waals surface area contributed by atoms with Crippen LogP contribution in [0.1, 0.15) is 31.2 Å². The molecular weight excluding hydrogens is 322 g/mol. The van der Waals surface area contributed by atoms with Gasteiger partial charge in [0.05, 0.1) is 7.11 Å². The van der Waals surface area contributed by atoms with E-state index in [4.69, 9.17) is 10.5 Å². The summed E-state index contributed by atoms with van der Waals surface area (Å²) in [6.07, 6.45) is 6.03. The van der Waals surface area contributed by atoms with Gasteiger partial charge in [0.2, 0.25) is 5.91 Å². The van der Waals surface area contributed by atoms with Crippen molar-refractivity contribution in [1.29, 1.82) is 0 Å². The third-order valence-corrected chi connectivity index (χ3v) is 5.27. The van der Waals surface area contributed by atoms with Gasteiger partial charge in [0.25, 0.3) is 0 Å². The number of methoxy groups -OCH3 is 1. The van der Waals surface area contributed by atoms with Crippen LogP contribution in [0.25, 0.3) is 0 Å². The maximum atomic E-state index is 11.7. The lowest BCUT2D eigenvalue weighted by Gasteiger charge is -2.36. The Morgan fingerprint density at radius 1 is 1.46 bits per heavy atom.